The van der Waals surface area contributed by atoms with Crippen molar-refractivity contribution < 1.29 is 41.8 Å². The average Bonchev–Trinajstić information content (AvgIpc) is 1.63. The number of alkyl halides is 1. The molecule has 1 N–H and O–H groups in total. The molecular formula is C3H8FLiO4S. The summed E-state index contributed by atoms with van der Waals surface area (Å²) in [5.41, 5.74) is 0. The normalized spacial score (nSPS) is 10.6. The van der Waals surface area contributed by atoms with Crippen LogP contribution < -0.4 is 18.9 Å². The maximum absolute atomic E-state index is 11.2. The van der Waals surface area contributed by atoms with Crippen LogP contribution in [0.25, 0.3) is 0 Å². The van der Waals surface area contributed by atoms with E-state index >= 15 is 0 Å². The maximum Gasteiger partial charge on any atom is 1.00 e. The van der Waals surface area contributed by atoms with Gasteiger partial charge in [-0.05, 0) is 0 Å². The molecule has 0 saturated heterocycles. The molecule has 0 aromatic rings. The Balaban J connectivity index is -0.000000320. The van der Waals surface area contributed by atoms with Crippen LogP contribution in [0.5, 0.6) is 0 Å². The second-order valence-electron chi connectivity index (χ2n) is 1.29. The minimum atomic E-state index is -4.36. The average molecular weight is 166 g/mol. The van der Waals surface area contributed by atoms with Gasteiger partial charge in [-0.1, -0.05) is 0 Å². The number of hydrogen-bond donors (Lipinski definition) is 1. The van der Waals surface area contributed by atoms with Crippen LogP contribution in [0, 0.1) is 0 Å². The van der Waals surface area contributed by atoms with Gasteiger partial charge in [-0.2, -0.15) is 8.42 Å². The van der Waals surface area contributed by atoms with Gasteiger partial charge in [0, 0.05) is 6.42 Å². The van der Waals surface area contributed by atoms with Crippen LogP contribution in [-0.4, -0.2) is 26.3 Å². The van der Waals surface area contributed by atoms with Crippen LogP contribution in [0.15, 0.2) is 0 Å². The van der Waals surface area contributed by atoms with E-state index < -0.39 is 17.1 Å². The zero-order valence-corrected chi connectivity index (χ0v) is 6.40. The van der Waals surface area contributed by atoms with Crippen LogP contribution in [0.4, 0.5) is 4.39 Å². The van der Waals surface area contributed by atoms with Crippen molar-refractivity contribution >= 4 is 10.4 Å². The van der Waals surface area contributed by atoms with Gasteiger partial charge in [0.15, 0.2) is 0 Å². The van der Waals surface area contributed by atoms with E-state index in [-0.39, 0.29) is 33.3 Å². The molecule has 0 aromatic heterocycles. The first-order valence-corrected chi connectivity index (χ1v) is 3.60. The zero-order chi connectivity index (χ0) is 7.33. The quantitative estimate of drug-likeness (QED) is 0.280. The van der Waals surface area contributed by atoms with E-state index in [0.717, 1.165) is 0 Å². The third kappa shape index (κ3) is 11.2. The molecule has 0 aliphatic heterocycles. The molecule has 7 heteroatoms. The van der Waals surface area contributed by atoms with Crippen molar-refractivity contribution in [2.24, 2.45) is 0 Å². The Bertz CT molecular complexity index is 161. The molecule has 0 unspecified atom stereocenters. The molecule has 0 aliphatic rings. The van der Waals surface area contributed by atoms with Crippen molar-refractivity contribution in [3.8, 4) is 0 Å². The minimum Gasteiger partial charge on any atom is -1.00 e. The molecule has 0 aliphatic carbocycles. The minimum absolute atomic E-state index is 0. The van der Waals surface area contributed by atoms with Gasteiger partial charge in [0.2, 0.25) is 0 Å². The molecule has 0 rings (SSSR count). The first-order chi connectivity index (χ1) is 4.06. The summed E-state index contributed by atoms with van der Waals surface area (Å²) in [6.45, 7) is -0.967. The van der Waals surface area contributed by atoms with Crippen molar-refractivity contribution in [3.05, 3.63) is 0 Å². The predicted molar refractivity (Wildman–Crippen MR) is 29.2 cm³/mol. The topological polar surface area (TPSA) is 63.6 Å². The van der Waals surface area contributed by atoms with Gasteiger partial charge in [0.1, 0.15) is 0 Å². The molecule has 0 heterocycles. The summed E-state index contributed by atoms with van der Waals surface area (Å²) in [5, 5.41) is 0. The summed E-state index contributed by atoms with van der Waals surface area (Å²) >= 11 is 0. The van der Waals surface area contributed by atoms with E-state index in [0.29, 0.717) is 0 Å². The Hall–Kier alpha value is 0.397. The van der Waals surface area contributed by atoms with Crippen LogP contribution in [0.1, 0.15) is 7.85 Å². The third-order valence-electron chi connectivity index (χ3n) is 0.510. The van der Waals surface area contributed by atoms with Gasteiger partial charge in [-0.15, -0.1) is 0 Å². The molecule has 0 saturated carbocycles. The molecular weight excluding hydrogens is 158 g/mol. The predicted octanol–water partition coefficient (Wildman–Crippen LogP) is -2.72. The summed E-state index contributed by atoms with van der Waals surface area (Å²) in [5.74, 6) is 0. The summed E-state index contributed by atoms with van der Waals surface area (Å²) < 4.78 is 42.3. The first kappa shape index (κ1) is 13.0. The van der Waals surface area contributed by atoms with E-state index in [1.807, 2.05) is 0 Å². The molecule has 0 radical (unpaired) electrons. The van der Waals surface area contributed by atoms with Crippen molar-refractivity contribution in [3.63, 3.8) is 0 Å². The van der Waals surface area contributed by atoms with E-state index in [1.165, 1.54) is 0 Å². The van der Waals surface area contributed by atoms with E-state index in [9.17, 15) is 12.8 Å². The standard InChI is InChI=1S/C3H7FO4S.Li.H/c4-2-1-3-8-9(5,6)7;;/h1-3H2,(H,5,6,7);;/q;+1;-1. The van der Waals surface area contributed by atoms with E-state index in [1.54, 1.807) is 0 Å². The SMILES string of the molecule is O=S(=O)(O)OCCCF.[H-].[Li+]. The van der Waals surface area contributed by atoms with Gasteiger partial charge in [0.05, 0.1) is 13.3 Å². The molecule has 58 valence electrons. The Labute approximate surface area is 72.4 Å². The van der Waals surface area contributed by atoms with Crippen molar-refractivity contribution in [2.45, 2.75) is 6.42 Å². The maximum atomic E-state index is 11.2. The number of rotatable bonds is 4. The largest absolute Gasteiger partial charge is 1.00 e. The Morgan fingerprint density at radius 1 is 1.60 bits per heavy atom. The smallest absolute Gasteiger partial charge is 1.00 e. The fraction of sp³-hybridized carbons (Fsp3) is 1.00. The zero-order valence-electron chi connectivity index (χ0n) is 6.58. The number of hydrogen-bond acceptors (Lipinski definition) is 3. The summed E-state index contributed by atoms with van der Waals surface area (Å²) in [6, 6.07) is 0. The fourth-order valence-electron chi connectivity index (χ4n) is 0.219. The Morgan fingerprint density at radius 2 is 2.10 bits per heavy atom. The van der Waals surface area contributed by atoms with E-state index in [4.69, 9.17) is 4.55 Å². The fourth-order valence-corrected chi connectivity index (χ4v) is 0.547. The Morgan fingerprint density at radius 3 is 2.40 bits per heavy atom. The first-order valence-electron chi connectivity index (χ1n) is 2.24. The van der Waals surface area contributed by atoms with Gasteiger partial charge in [-0.25, -0.2) is 4.18 Å². The molecule has 0 amide bonds. The summed E-state index contributed by atoms with van der Waals surface area (Å²) in [7, 11) is -4.36. The Kier molecular flexibility index (Phi) is 7.98. The molecule has 0 bridgehead atoms. The van der Waals surface area contributed by atoms with Crippen LogP contribution >= 0.6 is 0 Å². The molecule has 0 atom stereocenters. The van der Waals surface area contributed by atoms with Gasteiger partial charge in [-0.3, -0.25) is 8.94 Å². The van der Waals surface area contributed by atoms with Gasteiger partial charge in [0.25, 0.3) is 0 Å². The monoisotopic (exact) mass is 166 g/mol. The van der Waals surface area contributed by atoms with Crippen molar-refractivity contribution in [2.75, 3.05) is 13.3 Å². The van der Waals surface area contributed by atoms with Gasteiger partial charge < -0.3 is 1.43 Å². The van der Waals surface area contributed by atoms with Crippen LogP contribution in [-0.2, 0) is 14.6 Å². The second-order valence-corrected chi connectivity index (χ2v) is 2.38. The molecule has 0 spiro atoms. The van der Waals surface area contributed by atoms with Crippen molar-refractivity contribution in [1.29, 1.82) is 0 Å². The second kappa shape index (κ2) is 6.13. The summed E-state index contributed by atoms with van der Waals surface area (Å²) in [6.07, 6.45) is -0.0280. The number of halogens is 1. The third-order valence-corrected chi connectivity index (χ3v) is 0.975. The van der Waals surface area contributed by atoms with Crippen LogP contribution in [0.3, 0.4) is 0 Å². The molecule has 0 aromatic carbocycles. The van der Waals surface area contributed by atoms with Gasteiger partial charge >= 0.3 is 29.3 Å². The van der Waals surface area contributed by atoms with E-state index in [2.05, 4.69) is 4.18 Å². The molecule has 10 heavy (non-hydrogen) atoms. The molecule has 4 nitrogen and oxygen atoms in total. The molecule has 0 fully saturated rings. The summed E-state index contributed by atoms with van der Waals surface area (Å²) in [4.78, 5) is 0. The van der Waals surface area contributed by atoms with Crippen molar-refractivity contribution in [1.82, 2.24) is 0 Å². The van der Waals surface area contributed by atoms with Crippen LogP contribution in [0.2, 0.25) is 0 Å².